The number of hydrogen-bond donors (Lipinski definition) is 1. The molecule has 0 aliphatic carbocycles. The number of H-pyrrole nitrogens is 1. The summed E-state index contributed by atoms with van der Waals surface area (Å²) in [6, 6.07) is 13.6. The molecule has 0 fully saturated rings. The Labute approximate surface area is 145 Å². The van der Waals surface area contributed by atoms with Crippen molar-refractivity contribution >= 4 is 5.91 Å². The van der Waals surface area contributed by atoms with Gasteiger partial charge in [0, 0.05) is 42.5 Å². The van der Waals surface area contributed by atoms with Crippen LogP contribution in [0.3, 0.4) is 0 Å². The van der Waals surface area contributed by atoms with Crippen LogP contribution in [0, 0.1) is 0 Å². The lowest BCUT2D eigenvalue weighted by molar-refractivity contribution is -0.134. The Balaban J connectivity index is 1.47. The molecule has 0 bridgehead atoms. The summed E-state index contributed by atoms with van der Waals surface area (Å²) in [5.74, 6) is 0.566. The van der Waals surface area contributed by atoms with E-state index in [1.54, 1.807) is 24.5 Å². The van der Waals surface area contributed by atoms with Gasteiger partial charge in [-0.2, -0.15) is 5.10 Å². The molecule has 0 atom stereocenters. The first kappa shape index (κ1) is 15.4. The Morgan fingerprint density at radius 1 is 1.20 bits per heavy atom. The molecule has 1 aromatic carbocycles. The molecule has 0 unspecified atom stereocenters. The molecule has 6 nitrogen and oxygen atoms in total. The molecule has 4 rings (SSSR count). The first-order valence-electron chi connectivity index (χ1n) is 8.23. The minimum Gasteiger partial charge on any atom is -0.482 e. The number of amides is 1. The highest BCUT2D eigenvalue weighted by Crippen LogP contribution is 2.28. The predicted octanol–water partition coefficient (Wildman–Crippen LogP) is 2.44. The number of nitrogens with zero attached hydrogens (tertiary/aromatic N) is 3. The van der Waals surface area contributed by atoms with Crippen LogP contribution in [0.4, 0.5) is 0 Å². The van der Waals surface area contributed by atoms with Crippen molar-refractivity contribution in [2.45, 2.75) is 13.0 Å². The minimum atomic E-state index is -0.0327. The fourth-order valence-electron chi connectivity index (χ4n) is 3.01. The maximum Gasteiger partial charge on any atom is 0.260 e. The molecule has 1 amide bonds. The van der Waals surface area contributed by atoms with Gasteiger partial charge in [0.25, 0.3) is 5.91 Å². The molecule has 25 heavy (non-hydrogen) atoms. The molecule has 3 heterocycles. The lowest BCUT2D eigenvalue weighted by atomic mass is 10.0. The maximum absolute atomic E-state index is 12.5. The van der Waals surface area contributed by atoms with Gasteiger partial charge in [0.1, 0.15) is 5.75 Å². The number of ether oxygens (including phenoxy) is 1. The van der Waals surface area contributed by atoms with Crippen LogP contribution in [0.1, 0.15) is 11.3 Å². The van der Waals surface area contributed by atoms with E-state index in [1.165, 1.54) is 0 Å². The zero-order valence-corrected chi connectivity index (χ0v) is 13.7. The highest BCUT2D eigenvalue weighted by molar-refractivity contribution is 5.78. The van der Waals surface area contributed by atoms with Crippen molar-refractivity contribution in [1.82, 2.24) is 20.1 Å². The van der Waals surface area contributed by atoms with E-state index in [0.29, 0.717) is 18.8 Å². The highest BCUT2D eigenvalue weighted by atomic mass is 16.5. The number of fused-ring (bicyclic) bond motifs is 1. The Morgan fingerprint density at radius 3 is 2.88 bits per heavy atom. The molecule has 2 aromatic heterocycles. The first-order chi connectivity index (χ1) is 12.3. The van der Waals surface area contributed by atoms with Crippen LogP contribution < -0.4 is 4.74 Å². The summed E-state index contributed by atoms with van der Waals surface area (Å²) < 4.78 is 5.53. The number of rotatable bonds is 4. The summed E-state index contributed by atoms with van der Waals surface area (Å²) in [7, 11) is 0. The highest BCUT2D eigenvalue weighted by Gasteiger charge is 2.25. The van der Waals surface area contributed by atoms with Gasteiger partial charge in [-0.25, -0.2) is 0 Å². The van der Waals surface area contributed by atoms with E-state index in [1.807, 2.05) is 35.2 Å². The fourth-order valence-corrected chi connectivity index (χ4v) is 3.01. The van der Waals surface area contributed by atoms with Crippen LogP contribution in [-0.2, 0) is 17.8 Å². The Morgan fingerprint density at radius 2 is 2.08 bits per heavy atom. The molecule has 126 valence electrons. The maximum atomic E-state index is 12.5. The number of aromatic amines is 1. The van der Waals surface area contributed by atoms with Crippen LogP contribution in [0.25, 0.3) is 11.3 Å². The average molecular weight is 334 g/mol. The van der Waals surface area contributed by atoms with Gasteiger partial charge < -0.3 is 9.64 Å². The predicted molar refractivity (Wildman–Crippen MR) is 92.9 cm³/mol. The number of benzene rings is 1. The monoisotopic (exact) mass is 334 g/mol. The average Bonchev–Trinajstić information content (AvgIpc) is 3.11. The van der Waals surface area contributed by atoms with Crippen LogP contribution in [0.2, 0.25) is 0 Å². The molecule has 0 radical (unpaired) electrons. The van der Waals surface area contributed by atoms with Crippen molar-refractivity contribution in [3.8, 4) is 17.0 Å². The molecular weight excluding hydrogens is 316 g/mol. The van der Waals surface area contributed by atoms with Crippen molar-refractivity contribution in [1.29, 1.82) is 0 Å². The largest absolute Gasteiger partial charge is 0.482 e. The number of carbonyl (C=O) groups excluding carboxylic acids is 1. The van der Waals surface area contributed by atoms with Crippen LogP contribution >= 0.6 is 0 Å². The van der Waals surface area contributed by atoms with Gasteiger partial charge in [-0.15, -0.1) is 0 Å². The number of carbonyl (C=O) groups is 1. The SMILES string of the molecule is O=C(COc1cccnc1)N1CCc2[nH]nc(-c3ccccc3)c2C1. The van der Waals surface area contributed by atoms with Gasteiger partial charge in [-0.3, -0.25) is 14.9 Å². The molecule has 1 aliphatic heterocycles. The molecule has 1 N–H and O–H groups in total. The summed E-state index contributed by atoms with van der Waals surface area (Å²) in [5.41, 5.74) is 4.17. The third kappa shape index (κ3) is 3.24. The summed E-state index contributed by atoms with van der Waals surface area (Å²) in [4.78, 5) is 18.3. The van der Waals surface area contributed by atoms with E-state index < -0.39 is 0 Å². The van der Waals surface area contributed by atoms with Crippen LogP contribution in [-0.4, -0.2) is 39.1 Å². The summed E-state index contributed by atoms with van der Waals surface area (Å²) >= 11 is 0. The summed E-state index contributed by atoms with van der Waals surface area (Å²) in [6.45, 7) is 1.23. The molecular formula is C19H18N4O2. The van der Waals surface area contributed by atoms with Gasteiger partial charge in [-0.1, -0.05) is 30.3 Å². The quantitative estimate of drug-likeness (QED) is 0.795. The van der Waals surface area contributed by atoms with Crippen LogP contribution in [0.5, 0.6) is 5.75 Å². The Bertz CT molecular complexity index is 862. The number of nitrogens with one attached hydrogen (secondary N) is 1. The molecule has 1 aliphatic rings. The van der Waals surface area contributed by atoms with Crippen molar-refractivity contribution < 1.29 is 9.53 Å². The Kier molecular flexibility index (Phi) is 4.16. The van der Waals surface area contributed by atoms with E-state index in [-0.39, 0.29) is 12.5 Å². The van der Waals surface area contributed by atoms with Gasteiger partial charge in [0.05, 0.1) is 11.9 Å². The van der Waals surface area contributed by atoms with Gasteiger partial charge in [0.2, 0.25) is 0 Å². The zero-order chi connectivity index (χ0) is 17.1. The third-order valence-electron chi connectivity index (χ3n) is 4.33. The molecule has 0 saturated carbocycles. The van der Waals surface area contributed by atoms with E-state index in [2.05, 4.69) is 15.2 Å². The molecule has 0 spiro atoms. The third-order valence-corrected chi connectivity index (χ3v) is 4.33. The number of pyridine rings is 1. The zero-order valence-electron chi connectivity index (χ0n) is 13.7. The summed E-state index contributed by atoms with van der Waals surface area (Å²) in [5, 5.41) is 7.57. The van der Waals surface area contributed by atoms with Crippen molar-refractivity contribution in [2.75, 3.05) is 13.2 Å². The van der Waals surface area contributed by atoms with Gasteiger partial charge in [-0.05, 0) is 12.1 Å². The number of hydrogen-bond acceptors (Lipinski definition) is 4. The van der Waals surface area contributed by atoms with Gasteiger partial charge in [0.15, 0.2) is 6.61 Å². The first-order valence-corrected chi connectivity index (χ1v) is 8.23. The second-order valence-corrected chi connectivity index (χ2v) is 5.94. The Hall–Kier alpha value is -3.15. The smallest absolute Gasteiger partial charge is 0.260 e. The van der Waals surface area contributed by atoms with Crippen molar-refractivity contribution in [2.24, 2.45) is 0 Å². The van der Waals surface area contributed by atoms with E-state index in [4.69, 9.17) is 4.74 Å². The summed E-state index contributed by atoms with van der Waals surface area (Å²) in [6.07, 6.45) is 4.05. The topological polar surface area (TPSA) is 71.1 Å². The fraction of sp³-hybridized carbons (Fsp3) is 0.211. The lowest BCUT2D eigenvalue weighted by Gasteiger charge is -2.27. The van der Waals surface area contributed by atoms with E-state index in [9.17, 15) is 4.79 Å². The van der Waals surface area contributed by atoms with Gasteiger partial charge >= 0.3 is 0 Å². The second kappa shape index (κ2) is 6.76. The molecule has 3 aromatic rings. The normalized spacial score (nSPS) is 13.4. The molecule has 6 heteroatoms. The minimum absolute atomic E-state index is 0.0134. The van der Waals surface area contributed by atoms with Crippen molar-refractivity contribution in [3.05, 3.63) is 66.1 Å². The number of aromatic nitrogens is 3. The standard InChI is InChI=1S/C19H18N4O2/c24-18(13-25-15-7-4-9-20-11-15)23-10-8-17-16(12-23)19(22-21-17)14-5-2-1-3-6-14/h1-7,9,11H,8,10,12-13H2,(H,21,22). The van der Waals surface area contributed by atoms with Crippen LogP contribution in [0.15, 0.2) is 54.9 Å². The molecule has 0 saturated heterocycles. The van der Waals surface area contributed by atoms with E-state index in [0.717, 1.165) is 28.9 Å². The van der Waals surface area contributed by atoms with E-state index >= 15 is 0 Å². The lowest BCUT2D eigenvalue weighted by Crippen LogP contribution is -2.38. The van der Waals surface area contributed by atoms with Crippen molar-refractivity contribution in [3.63, 3.8) is 0 Å². The second-order valence-electron chi connectivity index (χ2n) is 5.94.